The third-order valence-electron chi connectivity index (χ3n) is 5.11. The molecule has 7 nitrogen and oxygen atoms in total. The normalized spacial score (nSPS) is 12.2. The van der Waals surface area contributed by atoms with E-state index in [0.29, 0.717) is 34.2 Å². The molecule has 1 aromatic carbocycles. The first-order valence-corrected chi connectivity index (χ1v) is 13.0. The zero-order chi connectivity index (χ0) is 27.4. The number of amides is 1. The summed E-state index contributed by atoms with van der Waals surface area (Å²) in [5, 5.41) is 4.67. The molecule has 1 amide bonds. The molecule has 0 radical (unpaired) electrons. The van der Waals surface area contributed by atoms with Gasteiger partial charge in [0.15, 0.2) is 27.3 Å². The quantitative estimate of drug-likeness (QED) is 0.202. The van der Waals surface area contributed by atoms with Crippen LogP contribution in [0, 0.1) is 5.92 Å². The maximum absolute atomic E-state index is 13.1. The van der Waals surface area contributed by atoms with E-state index >= 15 is 0 Å². The number of anilines is 1. The fourth-order valence-corrected chi connectivity index (χ4v) is 4.77. The predicted molar refractivity (Wildman–Crippen MR) is 135 cm³/mol. The van der Waals surface area contributed by atoms with Gasteiger partial charge in [0, 0.05) is 22.5 Å². The molecule has 0 atom stereocenters. The average molecular weight is 573 g/mol. The third kappa shape index (κ3) is 6.48. The molecule has 0 aliphatic carbocycles. The zero-order valence-corrected chi connectivity index (χ0v) is 21.6. The molecule has 38 heavy (non-hydrogen) atoms. The number of nitrogens with one attached hydrogen (secondary N) is 1. The molecule has 0 saturated heterocycles. The maximum Gasteiger partial charge on any atom is 0.434 e. The standard InChI is InChI=1S/C24H21F5N4O3S2/c1-13(2)8-10-35-19-14(4-3-5-16(19)36-21(25)26)6-7-15-18(33-9-11-37-23(33)30-15)20(34)32-22-31-17(12-38-22)24(27,28)29/h3-7,9,11-13,21H,8,10H2,1-2H3,(H,31,32,34). The number of fused-ring (bicyclic) bond motifs is 1. The SMILES string of the molecule is CC(C)CCOc1c(C=Cc2nc3sccn3c2C(=O)Nc2nc(C(F)(F)F)cs2)cccc1OC(F)F. The van der Waals surface area contributed by atoms with Crippen molar-refractivity contribution in [1.29, 1.82) is 0 Å². The van der Waals surface area contributed by atoms with E-state index in [1.165, 1.54) is 40.0 Å². The molecule has 1 N–H and O–H groups in total. The summed E-state index contributed by atoms with van der Waals surface area (Å²) in [6.45, 7) is 1.21. The van der Waals surface area contributed by atoms with Gasteiger partial charge in [-0.1, -0.05) is 26.0 Å². The summed E-state index contributed by atoms with van der Waals surface area (Å²) in [5.74, 6) is -0.429. The molecule has 0 spiro atoms. The lowest BCUT2D eigenvalue weighted by molar-refractivity contribution is -0.140. The van der Waals surface area contributed by atoms with Crippen LogP contribution in [0.5, 0.6) is 11.5 Å². The summed E-state index contributed by atoms with van der Waals surface area (Å²) < 4.78 is 76.6. The van der Waals surface area contributed by atoms with E-state index in [-0.39, 0.29) is 34.6 Å². The molecule has 202 valence electrons. The number of alkyl halides is 5. The average Bonchev–Trinajstić information content (AvgIpc) is 3.54. The Balaban J connectivity index is 1.65. The number of rotatable bonds is 10. The van der Waals surface area contributed by atoms with Gasteiger partial charge in [-0.25, -0.2) is 9.97 Å². The van der Waals surface area contributed by atoms with Crippen LogP contribution in [0.2, 0.25) is 0 Å². The summed E-state index contributed by atoms with van der Waals surface area (Å²) in [6.07, 6.45) is 0.675. The van der Waals surface area contributed by atoms with E-state index in [1.54, 1.807) is 17.6 Å². The molecule has 0 aliphatic heterocycles. The first kappa shape index (κ1) is 27.5. The van der Waals surface area contributed by atoms with Crippen molar-refractivity contribution >= 4 is 50.8 Å². The van der Waals surface area contributed by atoms with Crippen molar-refractivity contribution in [2.45, 2.75) is 33.1 Å². The van der Waals surface area contributed by atoms with E-state index in [1.807, 2.05) is 13.8 Å². The zero-order valence-electron chi connectivity index (χ0n) is 20.0. The van der Waals surface area contributed by atoms with Gasteiger partial charge < -0.3 is 9.47 Å². The second-order valence-corrected chi connectivity index (χ2v) is 10.0. The highest BCUT2D eigenvalue weighted by Gasteiger charge is 2.34. The van der Waals surface area contributed by atoms with Crippen LogP contribution in [0.1, 0.15) is 47.7 Å². The molecule has 3 heterocycles. The number of ether oxygens (including phenoxy) is 2. The lowest BCUT2D eigenvalue weighted by Crippen LogP contribution is -2.15. The van der Waals surface area contributed by atoms with Crippen molar-refractivity contribution in [2.75, 3.05) is 11.9 Å². The first-order chi connectivity index (χ1) is 18.0. The number of carbonyl (C=O) groups is 1. The lowest BCUT2D eigenvalue weighted by atomic mass is 10.1. The van der Waals surface area contributed by atoms with Crippen molar-refractivity contribution in [3.05, 3.63) is 57.8 Å². The minimum atomic E-state index is -4.64. The lowest BCUT2D eigenvalue weighted by Gasteiger charge is -2.15. The topological polar surface area (TPSA) is 77.8 Å². The van der Waals surface area contributed by atoms with Gasteiger partial charge >= 0.3 is 12.8 Å². The minimum Gasteiger partial charge on any atom is -0.489 e. The summed E-state index contributed by atoms with van der Waals surface area (Å²) in [6, 6.07) is 4.52. The molecular formula is C24H21F5N4O3S2. The predicted octanol–water partition coefficient (Wildman–Crippen LogP) is 7.32. The summed E-state index contributed by atoms with van der Waals surface area (Å²) in [4.78, 5) is 21.4. The van der Waals surface area contributed by atoms with Crippen LogP contribution < -0.4 is 14.8 Å². The Bertz CT molecular complexity index is 1440. The van der Waals surface area contributed by atoms with Gasteiger partial charge in [0.2, 0.25) is 0 Å². The van der Waals surface area contributed by atoms with Crippen LogP contribution in [0.3, 0.4) is 0 Å². The van der Waals surface area contributed by atoms with E-state index in [9.17, 15) is 26.7 Å². The van der Waals surface area contributed by atoms with Crippen LogP contribution in [0.15, 0.2) is 35.2 Å². The van der Waals surface area contributed by atoms with Gasteiger partial charge in [-0.3, -0.25) is 14.5 Å². The van der Waals surface area contributed by atoms with E-state index in [4.69, 9.17) is 4.74 Å². The maximum atomic E-state index is 13.1. The van der Waals surface area contributed by atoms with Crippen LogP contribution in [-0.4, -0.2) is 33.5 Å². The van der Waals surface area contributed by atoms with Crippen molar-refractivity contribution in [1.82, 2.24) is 14.4 Å². The molecule has 0 bridgehead atoms. The molecule has 4 aromatic rings. The van der Waals surface area contributed by atoms with Gasteiger partial charge in [0.1, 0.15) is 5.69 Å². The largest absolute Gasteiger partial charge is 0.489 e. The number of hydrogen-bond donors (Lipinski definition) is 1. The summed E-state index contributed by atoms with van der Waals surface area (Å²) in [5.41, 5.74) is -0.439. The Hall–Kier alpha value is -3.52. The summed E-state index contributed by atoms with van der Waals surface area (Å²) >= 11 is 1.89. The van der Waals surface area contributed by atoms with Crippen LogP contribution in [-0.2, 0) is 6.18 Å². The minimum absolute atomic E-state index is 0.0588. The van der Waals surface area contributed by atoms with E-state index in [0.717, 1.165) is 5.38 Å². The molecule has 0 fully saturated rings. The Labute approximate surface area is 221 Å². The second-order valence-electron chi connectivity index (χ2n) is 8.31. The van der Waals surface area contributed by atoms with Crippen LogP contribution in [0.25, 0.3) is 17.1 Å². The smallest absolute Gasteiger partial charge is 0.434 e. The number of thiazole rings is 2. The number of para-hydroxylation sites is 1. The molecule has 3 aromatic heterocycles. The van der Waals surface area contributed by atoms with Crippen molar-refractivity contribution in [3.8, 4) is 11.5 Å². The Morgan fingerprint density at radius 1 is 1.18 bits per heavy atom. The van der Waals surface area contributed by atoms with Gasteiger partial charge in [0.25, 0.3) is 5.91 Å². The molecule has 0 unspecified atom stereocenters. The molecule has 0 saturated carbocycles. The number of nitrogens with zero attached hydrogens (tertiary/aromatic N) is 3. The highest BCUT2D eigenvalue weighted by atomic mass is 32.1. The van der Waals surface area contributed by atoms with E-state index in [2.05, 4.69) is 20.0 Å². The number of carbonyl (C=O) groups excluding carboxylic acids is 1. The van der Waals surface area contributed by atoms with Crippen molar-refractivity contribution < 1.29 is 36.2 Å². The highest BCUT2D eigenvalue weighted by Crippen LogP contribution is 2.35. The van der Waals surface area contributed by atoms with Gasteiger partial charge in [-0.2, -0.15) is 22.0 Å². The second kappa shape index (κ2) is 11.5. The third-order valence-corrected chi connectivity index (χ3v) is 6.62. The fourth-order valence-electron chi connectivity index (χ4n) is 3.33. The number of hydrogen-bond acceptors (Lipinski definition) is 7. The number of imidazole rings is 1. The summed E-state index contributed by atoms with van der Waals surface area (Å²) in [7, 11) is 0. The van der Waals surface area contributed by atoms with Crippen molar-refractivity contribution in [2.24, 2.45) is 5.92 Å². The number of halogens is 5. The molecule has 4 rings (SSSR count). The van der Waals surface area contributed by atoms with Crippen LogP contribution in [0.4, 0.5) is 27.1 Å². The van der Waals surface area contributed by atoms with Gasteiger partial charge in [0.05, 0.1) is 12.3 Å². The monoisotopic (exact) mass is 572 g/mol. The van der Waals surface area contributed by atoms with Crippen LogP contribution >= 0.6 is 22.7 Å². The van der Waals surface area contributed by atoms with E-state index < -0.39 is 24.4 Å². The Morgan fingerprint density at radius 3 is 2.66 bits per heavy atom. The molecular weight excluding hydrogens is 551 g/mol. The van der Waals surface area contributed by atoms with Crippen molar-refractivity contribution in [3.63, 3.8) is 0 Å². The van der Waals surface area contributed by atoms with Gasteiger partial charge in [-0.05, 0) is 30.6 Å². The fraction of sp³-hybridized carbons (Fsp3) is 0.292. The Kier molecular flexibility index (Phi) is 8.31. The number of aromatic nitrogens is 3. The molecule has 14 heteroatoms. The Morgan fingerprint density at radius 2 is 1.97 bits per heavy atom. The first-order valence-electron chi connectivity index (χ1n) is 11.2. The van der Waals surface area contributed by atoms with Gasteiger partial charge in [-0.15, -0.1) is 22.7 Å². The highest BCUT2D eigenvalue weighted by molar-refractivity contribution is 7.15. The number of benzene rings is 1. The molecule has 0 aliphatic rings.